The number of hydrogen-bond donors (Lipinski definition) is 0. The number of aryl methyl sites for hydroxylation is 4. The molecule has 2 atom stereocenters. The van der Waals surface area contributed by atoms with Crippen LogP contribution in [0.5, 0.6) is 0 Å². The minimum Gasteiger partial charge on any atom is -0.369 e. The predicted octanol–water partition coefficient (Wildman–Crippen LogP) is 5.34. The summed E-state index contributed by atoms with van der Waals surface area (Å²) in [4.78, 5) is 5.40. The molecule has 2 heterocycles. The maximum atomic E-state index is 2.80. The van der Waals surface area contributed by atoms with Crippen molar-refractivity contribution < 1.29 is 0 Å². The highest BCUT2D eigenvalue weighted by atomic mass is 15.3. The number of rotatable bonds is 2. The van der Waals surface area contributed by atoms with Crippen LogP contribution in [-0.2, 0) is 0 Å². The summed E-state index contributed by atoms with van der Waals surface area (Å²) in [5, 5.41) is 0. The zero-order valence-electron chi connectivity index (χ0n) is 16.8. The largest absolute Gasteiger partial charge is 0.369 e. The van der Waals surface area contributed by atoms with Gasteiger partial charge in [-0.1, -0.05) is 24.3 Å². The van der Waals surface area contributed by atoms with E-state index in [9.17, 15) is 0 Å². The molecule has 0 radical (unpaired) electrons. The molecule has 2 saturated heterocycles. The summed E-state index contributed by atoms with van der Waals surface area (Å²) in [6.45, 7) is 12.4. The topological polar surface area (TPSA) is 6.48 Å². The molecule has 0 amide bonds. The smallest absolute Gasteiger partial charge is 0.0370 e. The van der Waals surface area contributed by atoms with Gasteiger partial charge in [-0.2, -0.15) is 0 Å². The molecular formula is C24H32N2. The molecule has 2 aliphatic rings. The Morgan fingerprint density at radius 3 is 2.23 bits per heavy atom. The Hall–Kier alpha value is -1.80. The van der Waals surface area contributed by atoms with Gasteiger partial charge in [0.15, 0.2) is 0 Å². The minimum absolute atomic E-state index is 0.606. The molecule has 4 rings (SSSR count). The Morgan fingerprint density at radius 1 is 0.769 bits per heavy atom. The van der Waals surface area contributed by atoms with Crippen LogP contribution in [0.3, 0.4) is 0 Å². The summed E-state index contributed by atoms with van der Waals surface area (Å²) < 4.78 is 0. The van der Waals surface area contributed by atoms with Gasteiger partial charge < -0.3 is 4.90 Å². The van der Waals surface area contributed by atoms with Crippen molar-refractivity contribution in [2.75, 3.05) is 24.5 Å². The van der Waals surface area contributed by atoms with Gasteiger partial charge in [-0.25, -0.2) is 0 Å². The first-order valence-electron chi connectivity index (χ1n) is 10.2. The second-order valence-electron chi connectivity index (χ2n) is 8.40. The van der Waals surface area contributed by atoms with Crippen molar-refractivity contribution in [1.29, 1.82) is 0 Å². The number of anilines is 1. The van der Waals surface area contributed by atoms with Gasteiger partial charge in [-0.3, -0.25) is 4.90 Å². The highest BCUT2D eigenvalue weighted by molar-refractivity contribution is 5.51. The quantitative estimate of drug-likeness (QED) is 0.723. The molecule has 2 aromatic rings. The maximum Gasteiger partial charge on any atom is 0.0370 e. The van der Waals surface area contributed by atoms with Crippen molar-refractivity contribution in [2.45, 2.75) is 59.0 Å². The maximum absolute atomic E-state index is 2.80. The Labute approximate surface area is 158 Å². The summed E-state index contributed by atoms with van der Waals surface area (Å²) in [7, 11) is 0. The lowest BCUT2D eigenvalue weighted by atomic mass is 9.88. The van der Waals surface area contributed by atoms with E-state index >= 15 is 0 Å². The number of piperidine rings is 1. The van der Waals surface area contributed by atoms with E-state index in [1.165, 1.54) is 65.9 Å². The Kier molecular flexibility index (Phi) is 4.79. The molecule has 2 nitrogen and oxygen atoms in total. The van der Waals surface area contributed by atoms with Crippen molar-refractivity contribution in [3.63, 3.8) is 0 Å². The van der Waals surface area contributed by atoms with Crippen LogP contribution in [0.25, 0.3) is 0 Å². The third-order valence-electron chi connectivity index (χ3n) is 6.71. The van der Waals surface area contributed by atoms with Gasteiger partial charge in [0.1, 0.15) is 0 Å². The summed E-state index contributed by atoms with van der Waals surface area (Å²) in [5.74, 6) is 0. The first-order valence-corrected chi connectivity index (χ1v) is 10.2. The first-order chi connectivity index (χ1) is 12.5. The molecule has 0 bridgehead atoms. The van der Waals surface area contributed by atoms with Crippen LogP contribution < -0.4 is 4.90 Å². The molecule has 0 saturated carbocycles. The van der Waals surface area contributed by atoms with E-state index in [1.54, 1.807) is 0 Å². The van der Waals surface area contributed by atoms with Crippen molar-refractivity contribution in [2.24, 2.45) is 0 Å². The van der Waals surface area contributed by atoms with E-state index in [2.05, 4.69) is 73.9 Å². The molecule has 26 heavy (non-hydrogen) atoms. The second-order valence-corrected chi connectivity index (χ2v) is 8.40. The van der Waals surface area contributed by atoms with Crippen molar-refractivity contribution in [3.8, 4) is 0 Å². The Morgan fingerprint density at radius 2 is 1.50 bits per heavy atom. The van der Waals surface area contributed by atoms with Crippen LogP contribution in [0.2, 0.25) is 0 Å². The molecule has 138 valence electrons. The zero-order chi connectivity index (χ0) is 18.3. The summed E-state index contributed by atoms with van der Waals surface area (Å²) in [6, 6.07) is 15.3. The van der Waals surface area contributed by atoms with E-state index in [4.69, 9.17) is 0 Å². The molecule has 0 aromatic heterocycles. The van der Waals surface area contributed by atoms with Gasteiger partial charge in [-0.15, -0.1) is 0 Å². The van der Waals surface area contributed by atoms with Crippen LogP contribution in [0.1, 0.15) is 53.1 Å². The summed E-state index contributed by atoms with van der Waals surface area (Å²) in [5.41, 5.74) is 8.55. The number of nitrogens with zero attached hydrogens (tertiary/aromatic N) is 2. The minimum atomic E-state index is 0.606. The molecule has 2 aromatic carbocycles. The fourth-order valence-electron chi connectivity index (χ4n) is 4.74. The number of benzene rings is 2. The van der Waals surface area contributed by atoms with E-state index in [0.717, 1.165) is 6.54 Å². The molecule has 2 unspecified atom stereocenters. The molecule has 0 spiro atoms. The van der Waals surface area contributed by atoms with Gasteiger partial charge in [-0.05, 0) is 86.9 Å². The Bertz CT molecular complexity index is 795. The zero-order valence-corrected chi connectivity index (χ0v) is 16.8. The number of piperazine rings is 1. The van der Waals surface area contributed by atoms with Gasteiger partial charge in [0.2, 0.25) is 0 Å². The van der Waals surface area contributed by atoms with Gasteiger partial charge in [0, 0.05) is 37.4 Å². The third kappa shape index (κ3) is 3.27. The SMILES string of the molecule is Cc1ccc(C2CCCC3CN(c4ccc(C)c(C)c4)CCN32)cc1C. The van der Waals surface area contributed by atoms with Crippen LogP contribution >= 0.6 is 0 Å². The third-order valence-corrected chi connectivity index (χ3v) is 6.71. The fourth-order valence-corrected chi connectivity index (χ4v) is 4.74. The molecule has 0 N–H and O–H groups in total. The highest BCUT2D eigenvalue weighted by Gasteiger charge is 2.35. The Balaban J connectivity index is 1.53. The van der Waals surface area contributed by atoms with E-state index < -0.39 is 0 Å². The lowest BCUT2D eigenvalue weighted by molar-refractivity contribution is 0.0716. The van der Waals surface area contributed by atoms with E-state index in [0.29, 0.717) is 12.1 Å². The second kappa shape index (κ2) is 7.08. The molecule has 2 heteroatoms. The highest BCUT2D eigenvalue weighted by Crippen LogP contribution is 2.37. The van der Waals surface area contributed by atoms with E-state index in [1.807, 2.05) is 0 Å². The van der Waals surface area contributed by atoms with E-state index in [-0.39, 0.29) is 0 Å². The summed E-state index contributed by atoms with van der Waals surface area (Å²) >= 11 is 0. The van der Waals surface area contributed by atoms with Gasteiger partial charge in [0.05, 0.1) is 0 Å². The van der Waals surface area contributed by atoms with Crippen molar-refractivity contribution in [1.82, 2.24) is 4.90 Å². The van der Waals surface area contributed by atoms with Crippen LogP contribution in [0.4, 0.5) is 5.69 Å². The number of fused-ring (bicyclic) bond motifs is 1. The van der Waals surface area contributed by atoms with Crippen molar-refractivity contribution >= 4 is 5.69 Å². The number of hydrogen-bond acceptors (Lipinski definition) is 2. The molecule has 0 aliphatic carbocycles. The first kappa shape index (κ1) is 17.6. The average Bonchev–Trinajstić information content (AvgIpc) is 2.65. The van der Waals surface area contributed by atoms with Gasteiger partial charge >= 0.3 is 0 Å². The summed E-state index contributed by atoms with van der Waals surface area (Å²) in [6.07, 6.45) is 3.99. The molecule has 2 fully saturated rings. The standard InChI is InChI=1S/C24H32N2/c1-17-8-10-21(14-19(17)3)24-7-5-6-23-16-25(12-13-26(23)24)22-11-9-18(2)20(4)15-22/h8-11,14-15,23-24H,5-7,12-13,16H2,1-4H3. The average molecular weight is 349 g/mol. The fraction of sp³-hybridized carbons (Fsp3) is 0.500. The normalized spacial score (nSPS) is 23.8. The monoisotopic (exact) mass is 348 g/mol. The molecule has 2 aliphatic heterocycles. The predicted molar refractivity (Wildman–Crippen MR) is 111 cm³/mol. The molecular weight excluding hydrogens is 316 g/mol. The van der Waals surface area contributed by atoms with Crippen molar-refractivity contribution in [3.05, 3.63) is 64.2 Å². The van der Waals surface area contributed by atoms with Crippen LogP contribution in [-0.4, -0.2) is 30.6 Å². The van der Waals surface area contributed by atoms with Crippen LogP contribution in [0.15, 0.2) is 36.4 Å². The van der Waals surface area contributed by atoms with Crippen LogP contribution in [0, 0.1) is 27.7 Å². The lowest BCUT2D eigenvalue weighted by Gasteiger charge is -2.49. The lowest BCUT2D eigenvalue weighted by Crippen LogP contribution is -2.55. The van der Waals surface area contributed by atoms with Gasteiger partial charge in [0.25, 0.3) is 0 Å².